The van der Waals surface area contributed by atoms with Crippen LogP contribution in [0.25, 0.3) is 10.8 Å². The molecular formula is C20H22ClNO. The maximum atomic E-state index is 10.4. The number of hydrogen-bond acceptors (Lipinski definition) is 2. The van der Waals surface area contributed by atoms with Gasteiger partial charge in [-0.2, -0.15) is 0 Å². The minimum atomic E-state index is -0.504. The molecule has 0 amide bonds. The van der Waals surface area contributed by atoms with Crippen LogP contribution in [0.1, 0.15) is 24.2 Å². The summed E-state index contributed by atoms with van der Waals surface area (Å²) in [6.45, 7) is 2.76. The molecule has 0 aromatic heterocycles. The molecule has 23 heavy (non-hydrogen) atoms. The molecule has 2 N–H and O–H groups in total. The van der Waals surface area contributed by atoms with E-state index in [2.05, 4.69) is 47.8 Å². The summed E-state index contributed by atoms with van der Waals surface area (Å²) in [7, 11) is 0. The number of nitrogens with one attached hydrogen (secondary N) is 1. The molecule has 0 aliphatic rings. The Bertz CT molecular complexity index is 739. The molecule has 0 heterocycles. The summed E-state index contributed by atoms with van der Waals surface area (Å²) in [6.07, 6.45) is -0.504. The predicted molar refractivity (Wildman–Crippen MR) is 98.9 cm³/mol. The number of fused-ring (bicyclic) bond motifs is 1. The second-order valence-electron chi connectivity index (χ2n) is 5.66. The van der Waals surface area contributed by atoms with E-state index in [-0.39, 0.29) is 18.4 Å². The van der Waals surface area contributed by atoms with E-state index < -0.39 is 6.10 Å². The number of hydrogen-bond donors (Lipinski definition) is 2. The standard InChI is InChI=1S/C20H21NO.ClH/c1-15(20(22)17-9-3-2-4-10-17)21-14-18-12-7-11-16-8-5-6-13-19(16)18;/h2-13,15,20-22H,14H2,1H3;1H. The Morgan fingerprint density at radius 2 is 1.52 bits per heavy atom. The van der Waals surface area contributed by atoms with Gasteiger partial charge in [0.15, 0.2) is 0 Å². The minimum absolute atomic E-state index is 0. The smallest absolute Gasteiger partial charge is 0.0940 e. The van der Waals surface area contributed by atoms with E-state index in [1.807, 2.05) is 37.3 Å². The number of halogens is 1. The Hall–Kier alpha value is -1.87. The molecule has 0 saturated heterocycles. The number of benzene rings is 3. The fourth-order valence-corrected chi connectivity index (χ4v) is 2.77. The molecule has 3 aromatic carbocycles. The third-order valence-electron chi connectivity index (χ3n) is 4.11. The average molecular weight is 328 g/mol. The number of rotatable bonds is 5. The van der Waals surface area contributed by atoms with Crippen molar-refractivity contribution in [1.82, 2.24) is 5.32 Å². The maximum Gasteiger partial charge on any atom is 0.0940 e. The van der Waals surface area contributed by atoms with Crippen LogP contribution < -0.4 is 5.32 Å². The first-order valence-electron chi connectivity index (χ1n) is 7.69. The van der Waals surface area contributed by atoms with Crippen LogP contribution in [0, 0.1) is 0 Å². The lowest BCUT2D eigenvalue weighted by molar-refractivity contribution is 0.135. The lowest BCUT2D eigenvalue weighted by Gasteiger charge is -2.21. The zero-order valence-corrected chi connectivity index (χ0v) is 14.0. The van der Waals surface area contributed by atoms with Gasteiger partial charge in [-0.15, -0.1) is 12.4 Å². The Morgan fingerprint density at radius 3 is 2.30 bits per heavy atom. The van der Waals surface area contributed by atoms with Gasteiger partial charge in [0.2, 0.25) is 0 Å². The lowest BCUT2D eigenvalue weighted by Crippen LogP contribution is -2.31. The van der Waals surface area contributed by atoms with Gasteiger partial charge in [0.1, 0.15) is 0 Å². The van der Waals surface area contributed by atoms with E-state index in [0.717, 1.165) is 12.1 Å². The van der Waals surface area contributed by atoms with Gasteiger partial charge in [0.05, 0.1) is 6.10 Å². The summed E-state index contributed by atoms with van der Waals surface area (Å²) in [4.78, 5) is 0. The van der Waals surface area contributed by atoms with Gasteiger partial charge in [-0.1, -0.05) is 72.8 Å². The molecular weight excluding hydrogens is 306 g/mol. The molecule has 0 bridgehead atoms. The largest absolute Gasteiger partial charge is 0.387 e. The Morgan fingerprint density at radius 1 is 0.870 bits per heavy atom. The first kappa shape index (κ1) is 17.5. The molecule has 3 aromatic rings. The Labute approximate surface area is 143 Å². The summed E-state index contributed by atoms with van der Waals surface area (Å²) in [5, 5.41) is 16.4. The molecule has 2 unspecified atom stereocenters. The third-order valence-corrected chi connectivity index (χ3v) is 4.11. The number of aliphatic hydroxyl groups is 1. The summed E-state index contributed by atoms with van der Waals surface area (Å²) in [5.41, 5.74) is 2.20. The minimum Gasteiger partial charge on any atom is -0.387 e. The normalized spacial score (nSPS) is 13.3. The van der Waals surface area contributed by atoms with Gasteiger partial charge in [-0.25, -0.2) is 0 Å². The van der Waals surface area contributed by atoms with Crippen LogP contribution in [0.5, 0.6) is 0 Å². The van der Waals surface area contributed by atoms with Gasteiger partial charge in [0.25, 0.3) is 0 Å². The van der Waals surface area contributed by atoms with Gasteiger partial charge >= 0.3 is 0 Å². The van der Waals surface area contributed by atoms with Crippen LogP contribution in [0.3, 0.4) is 0 Å². The van der Waals surface area contributed by atoms with Crippen LogP contribution >= 0.6 is 12.4 Å². The SMILES string of the molecule is CC(NCc1cccc2ccccc12)C(O)c1ccccc1.Cl. The highest BCUT2D eigenvalue weighted by Gasteiger charge is 2.15. The summed E-state index contributed by atoms with van der Waals surface area (Å²) in [6, 6.07) is 24.5. The van der Waals surface area contributed by atoms with E-state index in [9.17, 15) is 5.11 Å². The van der Waals surface area contributed by atoms with Crippen molar-refractivity contribution < 1.29 is 5.11 Å². The topological polar surface area (TPSA) is 32.3 Å². The van der Waals surface area contributed by atoms with Gasteiger partial charge in [0, 0.05) is 12.6 Å². The molecule has 2 nitrogen and oxygen atoms in total. The summed E-state index contributed by atoms with van der Waals surface area (Å²) < 4.78 is 0. The molecule has 0 radical (unpaired) electrons. The quantitative estimate of drug-likeness (QED) is 0.724. The first-order chi connectivity index (χ1) is 10.8. The molecule has 0 saturated carbocycles. The van der Waals surface area contributed by atoms with Crippen LogP contribution in [0.2, 0.25) is 0 Å². The van der Waals surface area contributed by atoms with Gasteiger partial charge in [-0.05, 0) is 28.8 Å². The molecule has 0 aliphatic heterocycles. The fourth-order valence-electron chi connectivity index (χ4n) is 2.77. The highest BCUT2D eigenvalue weighted by atomic mass is 35.5. The second-order valence-corrected chi connectivity index (χ2v) is 5.66. The van der Waals surface area contributed by atoms with Crippen molar-refractivity contribution in [2.24, 2.45) is 0 Å². The zero-order chi connectivity index (χ0) is 15.4. The molecule has 2 atom stereocenters. The van der Waals surface area contributed by atoms with E-state index in [1.54, 1.807) is 0 Å². The molecule has 120 valence electrons. The van der Waals surface area contributed by atoms with Crippen LogP contribution in [0.15, 0.2) is 72.8 Å². The summed E-state index contributed by atoms with van der Waals surface area (Å²) >= 11 is 0. The molecule has 3 rings (SSSR count). The molecule has 3 heteroatoms. The van der Waals surface area contributed by atoms with Crippen molar-refractivity contribution in [1.29, 1.82) is 0 Å². The lowest BCUT2D eigenvalue weighted by atomic mass is 10.0. The van der Waals surface area contributed by atoms with Crippen molar-refractivity contribution in [3.63, 3.8) is 0 Å². The van der Waals surface area contributed by atoms with Crippen molar-refractivity contribution >= 4 is 23.2 Å². The zero-order valence-electron chi connectivity index (χ0n) is 13.1. The third kappa shape index (κ3) is 4.11. The van der Waals surface area contributed by atoms with E-state index >= 15 is 0 Å². The van der Waals surface area contributed by atoms with Crippen LogP contribution in [-0.4, -0.2) is 11.1 Å². The van der Waals surface area contributed by atoms with Crippen molar-refractivity contribution in [2.75, 3.05) is 0 Å². The average Bonchev–Trinajstić information content (AvgIpc) is 2.59. The van der Waals surface area contributed by atoms with Crippen LogP contribution in [0.4, 0.5) is 0 Å². The first-order valence-corrected chi connectivity index (χ1v) is 7.69. The Balaban J connectivity index is 0.00000192. The van der Waals surface area contributed by atoms with E-state index in [0.29, 0.717) is 0 Å². The van der Waals surface area contributed by atoms with Crippen molar-refractivity contribution in [2.45, 2.75) is 25.6 Å². The van der Waals surface area contributed by atoms with Crippen molar-refractivity contribution in [3.05, 3.63) is 83.9 Å². The van der Waals surface area contributed by atoms with Gasteiger partial charge < -0.3 is 10.4 Å². The second kappa shape index (κ2) is 8.11. The molecule has 0 aliphatic carbocycles. The monoisotopic (exact) mass is 327 g/mol. The highest BCUT2D eigenvalue weighted by Crippen LogP contribution is 2.20. The van der Waals surface area contributed by atoms with Crippen LogP contribution in [-0.2, 0) is 6.54 Å². The maximum absolute atomic E-state index is 10.4. The summed E-state index contributed by atoms with van der Waals surface area (Å²) in [5.74, 6) is 0. The van der Waals surface area contributed by atoms with E-state index in [4.69, 9.17) is 0 Å². The predicted octanol–water partition coefficient (Wildman–Crippen LogP) is 4.47. The highest BCUT2D eigenvalue weighted by molar-refractivity contribution is 5.85. The fraction of sp³-hybridized carbons (Fsp3) is 0.200. The van der Waals surface area contributed by atoms with Gasteiger partial charge in [-0.3, -0.25) is 0 Å². The molecule has 0 spiro atoms. The Kier molecular flexibility index (Phi) is 6.17. The number of aliphatic hydroxyl groups excluding tert-OH is 1. The van der Waals surface area contributed by atoms with Crippen molar-refractivity contribution in [3.8, 4) is 0 Å². The molecule has 0 fully saturated rings. The van der Waals surface area contributed by atoms with E-state index in [1.165, 1.54) is 16.3 Å².